The van der Waals surface area contributed by atoms with Crippen molar-refractivity contribution in [2.24, 2.45) is 11.8 Å². The van der Waals surface area contributed by atoms with Gasteiger partial charge in [-0.15, -0.1) is 0 Å². The molecule has 2 heteroatoms. The van der Waals surface area contributed by atoms with E-state index in [1.165, 1.54) is 19.4 Å². The fraction of sp³-hybridized carbons (Fsp3) is 0.920. The minimum atomic E-state index is 0. The molecule has 0 aliphatic rings. The van der Waals surface area contributed by atoms with Gasteiger partial charge in [0.25, 0.3) is 0 Å². The number of rotatable bonds is 11. The highest BCUT2D eigenvalue weighted by Gasteiger charge is 2.12. The Kier molecular flexibility index (Phi) is 20.6. The summed E-state index contributed by atoms with van der Waals surface area (Å²) in [4.78, 5) is 5.06. The van der Waals surface area contributed by atoms with Gasteiger partial charge in [-0.3, -0.25) is 9.80 Å². The Bertz CT molecular complexity index is 311. The maximum atomic E-state index is 2.57. The van der Waals surface area contributed by atoms with Crippen molar-refractivity contribution in [3.8, 4) is 0 Å². The van der Waals surface area contributed by atoms with Gasteiger partial charge < -0.3 is 0 Å². The summed E-state index contributed by atoms with van der Waals surface area (Å²) in [5.41, 5.74) is 0. The lowest BCUT2D eigenvalue weighted by Gasteiger charge is -2.30. The fourth-order valence-electron chi connectivity index (χ4n) is 3.27. The standard InChI is InChI=1S/C12H27N.C12H25N.CH4/c2*1-10(2)8-7-9-13(11(3)4)12(5)6;/h10-12H,7-9H2,1-6H3;7-8,10-12H,9H2,1-6H3;1H4. The molecule has 0 saturated heterocycles. The number of hydrogen-bond donors (Lipinski definition) is 0. The Morgan fingerprint density at radius 1 is 0.630 bits per heavy atom. The molecule has 0 aromatic heterocycles. The summed E-state index contributed by atoms with van der Waals surface area (Å²) < 4.78 is 0. The van der Waals surface area contributed by atoms with Crippen molar-refractivity contribution >= 4 is 0 Å². The van der Waals surface area contributed by atoms with Gasteiger partial charge in [0.15, 0.2) is 0 Å². The van der Waals surface area contributed by atoms with E-state index in [1.807, 2.05) is 0 Å². The van der Waals surface area contributed by atoms with Gasteiger partial charge in [0.2, 0.25) is 0 Å². The Hall–Kier alpha value is -0.340. The first kappa shape index (κ1) is 31.4. The summed E-state index contributed by atoms with van der Waals surface area (Å²) >= 11 is 0. The second-order valence-corrected chi connectivity index (χ2v) is 9.52. The molecule has 0 saturated carbocycles. The van der Waals surface area contributed by atoms with Gasteiger partial charge in [-0.2, -0.15) is 0 Å². The van der Waals surface area contributed by atoms with Crippen LogP contribution in [0.15, 0.2) is 12.2 Å². The molecule has 0 fully saturated rings. The van der Waals surface area contributed by atoms with Gasteiger partial charge in [0, 0.05) is 30.7 Å². The second kappa shape index (κ2) is 17.7. The van der Waals surface area contributed by atoms with E-state index in [2.05, 4.69) is 105 Å². The van der Waals surface area contributed by atoms with E-state index in [1.54, 1.807) is 0 Å². The molecule has 0 N–H and O–H groups in total. The summed E-state index contributed by atoms with van der Waals surface area (Å²) in [5, 5.41) is 0. The van der Waals surface area contributed by atoms with Crippen LogP contribution in [0.25, 0.3) is 0 Å². The summed E-state index contributed by atoms with van der Waals surface area (Å²) in [7, 11) is 0. The van der Waals surface area contributed by atoms with Crippen LogP contribution >= 0.6 is 0 Å². The van der Waals surface area contributed by atoms with Crippen LogP contribution in [0.5, 0.6) is 0 Å². The zero-order valence-corrected chi connectivity index (χ0v) is 20.3. The van der Waals surface area contributed by atoms with E-state index in [0.717, 1.165) is 12.5 Å². The quantitative estimate of drug-likeness (QED) is 0.340. The van der Waals surface area contributed by atoms with E-state index < -0.39 is 0 Å². The van der Waals surface area contributed by atoms with E-state index >= 15 is 0 Å². The molecule has 0 atom stereocenters. The first-order valence-corrected chi connectivity index (χ1v) is 11.1. The van der Waals surface area contributed by atoms with Crippen molar-refractivity contribution in [3.63, 3.8) is 0 Å². The van der Waals surface area contributed by atoms with Gasteiger partial charge in [0.1, 0.15) is 0 Å². The van der Waals surface area contributed by atoms with E-state index in [4.69, 9.17) is 0 Å². The first-order chi connectivity index (χ1) is 11.9. The Balaban J connectivity index is -0.000000411. The van der Waals surface area contributed by atoms with Crippen molar-refractivity contribution in [2.75, 3.05) is 13.1 Å². The molecule has 0 aromatic rings. The zero-order chi connectivity index (χ0) is 20.9. The smallest absolute Gasteiger partial charge is 0.0168 e. The van der Waals surface area contributed by atoms with Crippen molar-refractivity contribution < 1.29 is 0 Å². The topological polar surface area (TPSA) is 6.48 Å². The van der Waals surface area contributed by atoms with Crippen LogP contribution in [0, 0.1) is 11.8 Å². The molecule has 0 spiro atoms. The SMILES string of the molecule is C.CC(C)C=CCN(C(C)C)C(C)C.CC(C)CCCN(C(C)C)C(C)C. The van der Waals surface area contributed by atoms with Crippen LogP contribution in [0.2, 0.25) is 0 Å². The molecule has 0 radical (unpaired) electrons. The lowest BCUT2D eigenvalue weighted by atomic mass is 10.1. The van der Waals surface area contributed by atoms with E-state index in [9.17, 15) is 0 Å². The molecule has 0 aliphatic carbocycles. The highest BCUT2D eigenvalue weighted by Crippen LogP contribution is 2.10. The summed E-state index contributed by atoms with van der Waals surface area (Å²) in [6.07, 6.45) is 7.26. The third kappa shape index (κ3) is 18.8. The van der Waals surface area contributed by atoms with Crippen LogP contribution in [-0.2, 0) is 0 Å². The molecule has 0 rings (SSSR count). The molecule has 27 heavy (non-hydrogen) atoms. The molecule has 2 nitrogen and oxygen atoms in total. The molecule has 0 bridgehead atoms. The van der Waals surface area contributed by atoms with Crippen molar-refractivity contribution in [1.82, 2.24) is 9.80 Å². The minimum Gasteiger partial charge on any atom is -0.299 e. The summed E-state index contributed by atoms with van der Waals surface area (Å²) in [5.74, 6) is 1.52. The third-order valence-electron chi connectivity index (χ3n) is 4.69. The maximum Gasteiger partial charge on any atom is 0.0168 e. The van der Waals surface area contributed by atoms with Crippen LogP contribution < -0.4 is 0 Å². The maximum absolute atomic E-state index is 2.57. The van der Waals surface area contributed by atoms with Crippen LogP contribution in [-0.4, -0.2) is 47.1 Å². The highest BCUT2D eigenvalue weighted by molar-refractivity contribution is 4.88. The molecular weight excluding hydrogens is 328 g/mol. The summed E-state index contributed by atoms with van der Waals surface area (Å²) in [6.45, 7) is 29.5. The predicted octanol–water partition coefficient (Wildman–Crippen LogP) is 7.49. The van der Waals surface area contributed by atoms with Crippen molar-refractivity contribution in [3.05, 3.63) is 12.2 Å². The second-order valence-electron chi connectivity index (χ2n) is 9.52. The molecule has 0 amide bonds. The molecule has 0 aliphatic heterocycles. The van der Waals surface area contributed by atoms with Crippen molar-refractivity contribution in [1.29, 1.82) is 0 Å². The van der Waals surface area contributed by atoms with E-state index in [-0.39, 0.29) is 7.43 Å². The van der Waals surface area contributed by atoms with Gasteiger partial charge in [0.05, 0.1) is 0 Å². The van der Waals surface area contributed by atoms with Gasteiger partial charge in [-0.1, -0.05) is 47.3 Å². The zero-order valence-electron chi connectivity index (χ0n) is 20.3. The van der Waals surface area contributed by atoms with Gasteiger partial charge in [-0.25, -0.2) is 0 Å². The van der Waals surface area contributed by atoms with Crippen LogP contribution in [0.3, 0.4) is 0 Å². The molecule has 0 aromatic carbocycles. The average Bonchev–Trinajstić information content (AvgIpc) is 2.46. The fourth-order valence-corrected chi connectivity index (χ4v) is 3.27. The molecular formula is C25H56N2. The number of allylic oxidation sites excluding steroid dienone is 1. The van der Waals surface area contributed by atoms with Crippen LogP contribution in [0.1, 0.15) is 103 Å². The van der Waals surface area contributed by atoms with Crippen molar-refractivity contribution in [2.45, 2.75) is 128 Å². The Morgan fingerprint density at radius 2 is 1.04 bits per heavy atom. The summed E-state index contributed by atoms with van der Waals surface area (Å²) in [6, 6.07) is 2.65. The van der Waals surface area contributed by atoms with Crippen LogP contribution in [0.4, 0.5) is 0 Å². The monoisotopic (exact) mass is 384 g/mol. The largest absolute Gasteiger partial charge is 0.299 e. The minimum absolute atomic E-state index is 0. The number of nitrogens with zero attached hydrogens (tertiary/aromatic N) is 2. The Labute approximate surface area is 174 Å². The predicted molar refractivity (Wildman–Crippen MR) is 129 cm³/mol. The first-order valence-electron chi connectivity index (χ1n) is 11.1. The average molecular weight is 385 g/mol. The lowest BCUT2D eigenvalue weighted by molar-refractivity contribution is 0.169. The highest BCUT2D eigenvalue weighted by atomic mass is 15.2. The van der Waals surface area contributed by atoms with Gasteiger partial charge >= 0.3 is 0 Å². The lowest BCUT2D eigenvalue weighted by Crippen LogP contribution is -2.37. The van der Waals surface area contributed by atoms with E-state index in [0.29, 0.717) is 30.1 Å². The molecule has 0 unspecified atom stereocenters. The number of hydrogen-bond acceptors (Lipinski definition) is 2. The normalized spacial score (nSPS) is 12.3. The molecule has 0 heterocycles. The third-order valence-corrected chi connectivity index (χ3v) is 4.69. The molecule has 166 valence electrons. The van der Waals surface area contributed by atoms with Gasteiger partial charge in [-0.05, 0) is 86.6 Å². The Morgan fingerprint density at radius 3 is 1.33 bits per heavy atom.